The fourth-order valence-corrected chi connectivity index (χ4v) is 3.10. The van der Waals surface area contributed by atoms with Crippen molar-refractivity contribution in [3.63, 3.8) is 0 Å². The van der Waals surface area contributed by atoms with E-state index in [1.54, 1.807) is 7.11 Å². The van der Waals surface area contributed by atoms with Gasteiger partial charge in [-0.25, -0.2) is 0 Å². The molecule has 0 unspecified atom stereocenters. The molecule has 0 aromatic heterocycles. The van der Waals surface area contributed by atoms with Crippen LogP contribution in [0.2, 0.25) is 0 Å². The third-order valence-corrected chi connectivity index (χ3v) is 4.34. The van der Waals surface area contributed by atoms with Gasteiger partial charge in [0.05, 0.1) is 18.8 Å². The quantitative estimate of drug-likeness (QED) is 0.891. The number of nitrogens with one attached hydrogen (secondary N) is 2. The van der Waals surface area contributed by atoms with Crippen LogP contribution in [0.15, 0.2) is 48.5 Å². The lowest BCUT2D eigenvalue weighted by Gasteiger charge is -2.20. The summed E-state index contributed by atoms with van der Waals surface area (Å²) in [5.74, 6) is 0.609. The number of rotatable bonds is 5. The minimum absolute atomic E-state index is 0.0566. The van der Waals surface area contributed by atoms with Crippen LogP contribution in [-0.2, 0) is 11.2 Å². The summed E-state index contributed by atoms with van der Waals surface area (Å²) in [6, 6.07) is 15.8. The molecule has 2 aromatic carbocycles. The standard InChI is InChI=1S/C19H22N2O2/c1-13(19(22)21-17-9-5-6-10-18(17)23-2)20-16-12-11-14-7-3-4-8-15(14)16/h3-10,13,16,20H,11-12H2,1-2H3,(H,21,22)/t13-,16-/m1/s1. The van der Waals surface area contributed by atoms with Gasteiger partial charge in [-0.2, -0.15) is 0 Å². The van der Waals surface area contributed by atoms with E-state index in [0.29, 0.717) is 11.4 Å². The zero-order valence-corrected chi connectivity index (χ0v) is 13.5. The Bertz CT molecular complexity index is 699. The van der Waals surface area contributed by atoms with Crippen LogP contribution in [-0.4, -0.2) is 19.1 Å². The molecule has 120 valence electrons. The fraction of sp³-hybridized carbons (Fsp3) is 0.316. The predicted molar refractivity (Wildman–Crippen MR) is 91.7 cm³/mol. The van der Waals surface area contributed by atoms with Crippen molar-refractivity contribution >= 4 is 11.6 Å². The molecule has 3 rings (SSSR count). The maximum atomic E-state index is 12.5. The van der Waals surface area contributed by atoms with E-state index in [1.807, 2.05) is 31.2 Å². The van der Waals surface area contributed by atoms with Crippen molar-refractivity contribution in [3.05, 3.63) is 59.7 Å². The second-order valence-corrected chi connectivity index (χ2v) is 5.87. The Balaban J connectivity index is 1.65. The van der Waals surface area contributed by atoms with E-state index < -0.39 is 0 Å². The highest BCUT2D eigenvalue weighted by atomic mass is 16.5. The summed E-state index contributed by atoms with van der Waals surface area (Å²) in [6.07, 6.45) is 2.10. The third-order valence-electron chi connectivity index (χ3n) is 4.34. The first kappa shape index (κ1) is 15.6. The number of anilines is 1. The molecule has 1 amide bonds. The zero-order valence-electron chi connectivity index (χ0n) is 13.5. The second kappa shape index (κ2) is 6.84. The van der Waals surface area contributed by atoms with Crippen LogP contribution in [0.4, 0.5) is 5.69 Å². The fourth-order valence-electron chi connectivity index (χ4n) is 3.10. The lowest BCUT2D eigenvalue weighted by molar-refractivity contribution is -0.118. The average molecular weight is 310 g/mol. The number of hydrogen-bond acceptors (Lipinski definition) is 3. The maximum absolute atomic E-state index is 12.5. The first-order chi connectivity index (χ1) is 11.2. The lowest BCUT2D eigenvalue weighted by Crippen LogP contribution is -2.39. The Morgan fingerprint density at radius 3 is 2.74 bits per heavy atom. The number of aryl methyl sites for hydroxylation is 1. The summed E-state index contributed by atoms with van der Waals surface area (Å²) in [7, 11) is 1.60. The van der Waals surface area contributed by atoms with E-state index in [4.69, 9.17) is 4.74 Å². The minimum Gasteiger partial charge on any atom is -0.495 e. The molecule has 0 saturated carbocycles. The second-order valence-electron chi connectivity index (χ2n) is 5.87. The highest BCUT2D eigenvalue weighted by Gasteiger charge is 2.25. The minimum atomic E-state index is -0.281. The molecule has 1 aliphatic rings. The molecule has 0 bridgehead atoms. The van der Waals surface area contributed by atoms with E-state index in [1.165, 1.54) is 11.1 Å². The topological polar surface area (TPSA) is 50.4 Å². The molecule has 0 fully saturated rings. The van der Waals surface area contributed by atoms with Gasteiger partial charge in [-0.3, -0.25) is 10.1 Å². The number of fused-ring (bicyclic) bond motifs is 1. The van der Waals surface area contributed by atoms with Gasteiger partial charge in [0, 0.05) is 6.04 Å². The van der Waals surface area contributed by atoms with Crippen molar-refractivity contribution in [2.24, 2.45) is 0 Å². The molecular formula is C19H22N2O2. The largest absolute Gasteiger partial charge is 0.495 e. The van der Waals surface area contributed by atoms with Crippen LogP contribution >= 0.6 is 0 Å². The molecule has 2 aromatic rings. The molecular weight excluding hydrogens is 288 g/mol. The Hall–Kier alpha value is -2.33. The summed E-state index contributed by atoms with van der Waals surface area (Å²) in [4.78, 5) is 12.5. The molecule has 4 heteroatoms. The Morgan fingerprint density at radius 1 is 1.17 bits per heavy atom. The SMILES string of the molecule is COc1ccccc1NC(=O)[C@@H](C)N[C@@H]1CCc2ccccc21. The number of carbonyl (C=O) groups is 1. The molecule has 0 spiro atoms. The number of hydrogen-bond donors (Lipinski definition) is 2. The maximum Gasteiger partial charge on any atom is 0.241 e. The Kier molecular flexibility index (Phi) is 4.63. The van der Waals surface area contributed by atoms with Crippen LogP contribution in [0.5, 0.6) is 5.75 Å². The monoisotopic (exact) mass is 310 g/mol. The number of carbonyl (C=O) groups excluding carboxylic acids is 1. The van der Waals surface area contributed by atoms with E-state index in [2.05, 4.69) is 34.9 Å². The van der Waals surface area contributed by atoms with E-state index in [9.17, 15) is 4.79 Å². The van der Waals surface area contributed by atoms with Crippen LogP contribution in [0.25, 0.3) is 0 Å². The number of benzene rings is 2. The van der Waals surface area contributed by atoms with Crippen molar-refractivity contribution in [2.75, 3.05) is 12.4 Å². The molecule has 23 heavy (non-hydrogen) atoms. The smallest absolute Gasteiger partial charge is 0.241 e. The van der Waals surface area contributed by atoms with Gasteiger partial charge in [-0.15, -0.1) is 0 Å². The number of amides is 1. The summed E-state index contributed by atoms with van der Waals surface area (Å²) in [5.41, 5.74) is 3.38. The highest BCUT2D eigenvalue weighted by molar-refractivity contribution is 5.95. The van der Waals surface area contributed by atoms with Crippen molar-refractivity contribution in [2.45, 2.75) is 31.8 Å². The Labute approximate surface area is 136 Å². The van der Waals surface area contributed by atoms with Crippen molar-refractivity contribution < 1.29 is 9.53 Å². The highest BCUT2D eigenvalue weighted by Crippen LogP contribution is 2.31. The van der Waals surface area contributed by atoms with Crippen LogP contribution < -0.4 is 15.4 Å². The molecule has 1 aliphatic carbocycles. The van der Waals surface area contributed by atoms with Crippen LogP contribution in [0, 0.1) is 0 Å². The third kappa shape index (κ3) is 3.37. The summed E-state index contributed by atoms with van der Waals surface area (Å²) >= 11 is 0. The van der Waals surface area contributed by atoms with Gasteiger partial charge in [-0.05, 0) is 43.0 Å². The first-order valence-electron chi connectivity index (χ1n) is 7.97. The molecule has 0 radical (unpaired) electrons. The first-order valence-corrected chi connectivity index (χ1v) is 7.97. The molecule has 4 nitrogen and oxygen atoms in total. The van der Waals surface area contributed by atoms with E-state index in [-0.39, 0.29) is 18.0 Å². The van der Waals surface area contributed by atoms with Crippen molar-refractivity contribution in [1.82, 2.24) is 5.32 Å². The molecule has 2 atom stereocenters. The number of ether oxygens (including phenoxy) is 1. The molecule has 0 heterocycles. The van der Waals surface area contributed by atoms with Crippen LogP contribution in [0.3, 0.4) is 0 Å². The van der Waals surface area contributed by atoms with E-state index >= 15 is 0 Å². The van der Waals surface area contributed by atoms with Crippen LogP contribution in [0.1, 0.15) is 30.5 Å². The van der Waals surface area contributed by atoms with Gasteiger partial charge in [-0.1, -0.05) is 36.4 Å². The molecule has 0 saturated heterocycles. The summed E-state index contributed by atoms with van der Waals surface area (Å²) < 4.78 is 5.27. The van der Waals surface area contributed by atoms with Gasteiger partial charge < -0.3 is 10.1 Å². The zero-order chi connectivity index (χ0) is 16.2. The van der Waals surface area contributed by atoms with E-state index in [0.717, 1.165) is 12.8 Å². The van der Waals surface area contributed by atoms with Gasteiger partial charge in [0.25, 0.3) is 0 Å². The van der Waals surface area contributed by atoms with Gasteiger partial charge in [0.1, 0.15) is 5.75 Å². The number of methoxy groups -OCH3 is 1. The summed E-state index contributed by atoms with van der Waals surface area (Å²) in [5, 5.41) is 6.37. The molecule has 2 N–H and O–H groups in total. The lowest BCUT2D eigenvalue weighted by atomic mass is 10.1. The Morgan fingerprint density at radius 2 is 1.91 bits per heavy atom. The van der Waals surface area contributed by atoms with Gasteiger partial charge >= 0.3 is 0 Å². The average Bonchev–Trinajstić information content (AvgIpc) is 2.98. The number of para-hydroxylation sites is 2. The normalized spacial score (nSPS) is 17.4. The van der Waals surface area contributed by atoms with Crippen molar-refractivity contribution in [3.8, 4) is 5.75 Å². The summed E-state index contributed by atoms with van der Waals surface area (Å²) in [6.45, 7) is 1.89. The molecule has 0 aliphatic heterocycles. The predicted octanol–water partition coefficient (Wildman–Crippen LogP) is 3.30. The van der Waals surface area contributed by atoms with Crippen molar-refractivity contribution in [1.29, 1.82) is 0 Å². The van der Waals surface area contributed by atoms with Gasteiger partial charge in [0.15, 0.2) is 0 Å². The van der Waals surface area contributed by atoms with Gasteiger partial charge in [0.2, 0.25) is 5.91 Å².